The molecule has 3 atom stereocenters. The Balaban J connectivity index is 1.99. The Morgan fingerprint density at radius 2 is 2.35 bits per heavy atom. The Labute approximate surface area is 110 Å². The van der Waals surface area contributed by atoms with Gasteiger partial charge >= 0.3 is 0 Å². The quantitative estimate of drug-likeness (QED) is 0.765. The summed E-state index contributed by atoms with van der Waals surface area (Å²) in [4.78, 5) is 0.372. The minimum absolute atomic E-state index is 0.156. The van der Waals surface area contributed by atoms with E-state index in [1.165, 1.54) is 6.07 Å². The van der Waals surface area contributed by atoms with Crippen LogP contribution in [-0.4, -0.2) is 17.5 Å². The van der Waals surface area contributed by atoms with Crippen LogP contribution < -0.4 is 0 Å². The molecule has 17 heavy (non-hydrogen) atoms. The maximum Gasteiger partial charge on any atom is 0.123 e. The van der Waals surface area contributed by atoms with Gasteiger partial charge in [0.2, 0.25) is 0 Å². The molecule has 2 rings (SSSR count). The van der Waals surface area contributed by atoms with Crippen LogP contribution in [0.3, 0.4) is 0 Å². The molecule has 3 unspecified atom stereocenters. The van der Waals surface area contributed by atoms with Crippen LogP contribution in [0.25, 0.3) is 0 Å². The molecule has 1 nitrogen and oxygen atoms in total. The third-order valence-corrected chi connectivity index (χ3v) is 4.45. The predicted molar refractivity (Wildman–Crippen MR) is 71.0 cm³/mol. The van der Waals surface area contributed by atoms with Crippen molar-refractivity contribution in [1.82, 2.24) is 0 Å². The molecule has 1 aromatic carbocycles. The Hall–Kier alpha value is -0.410. The van der Waals surface area contributed by atoms with Gasteiger partial charge < -0.3 is 4.74 Å². The molecular formula is C14H18BrFO. The summed E-state index contributed by atoms with van der Waals surface area (Å²) < 4.78 is 18.8. The molecular weight excluding hydrogens is 283 g/mol. The van der Waals surface area contributed by atoms with Gasteiger partial charge in [0.15, 0.2) is 0 Å². The van der Waals surface area contributed by atoms with E-state index in [1.54, 1.807) is 12.1 Å². The van der Waals surface area contributed by atoms with Gasteiger partial charge in [-0.1, -0.05) is 35.0 Å². The second kappa shape index (κ2) is 5.96. The highest BCUT2D eigenvalue weighted by molar-refractivity contribution is 9.09. The molecule has 1 heterocycles. The van der Waals surface area contributed by atoms with Crippen LogP contribution in [0.5, 0.6) is 0 Å². The van der Waals surface area contributed by atoms with Crippen LogP contribution in [-0.2, 0) is 11.2 Å². The first-order valence-electron chi connectivity index (χ1n) is 6.21. The highest BCUT2D eigenvalue weighted by atomic mass is 79.9. The maximum atomic E-state index is 13.1. The monoisotopic (exact) mass is 300 g/mol. The summed E-state index contributed by atoms with van der Waals surface area (Å²) in [6.07, 6.45) is 3.37. The molecule has 0 amide bonds. The summed E-state index contributed by atoms with van der Waals surface area (Å²) in [7, 11) is 0. The largest absolute Gasteiger partial charge is 0.378 e. The Morgan fingerprint density at radius 3 is 3.06 bits per heavy atom. The average molecular weight is 301 g/mol. The molecule has 0 spiro atoms. The van der Waals surface area contributed by atoms with E-state index in [1.807, 2.05) is 6.07 Å². The van der Waals surface area contributed by atoms with Crippen LogP contribution in [0.15, 0.2) is 24.3 Å². The molecule has 1 aliphatic rings. The first-order valence-corrected chi connectivity index (χ1v) is 7.12. The third kappa shape index (κ3) is 3.29. The number of rotatable bonds is 4. The third-order valence-electron chi connectivity index (χ3n) is 3.45. The number of alkyl halides is 1. The van der Waals surface area contributed by atoms with Crippen molar-refractivity contribution in [1.29, 1.82) is 0 Å². The highest BCUT2D eigenvalue weighted by Crippen LogP contribution is 2.32. The minimum Gasteiger partial charge on any atom is -0.378 e. The van der Waals surface area contributed by atoms with Gasteiger partial charge in [-0.3, -0.25) is 0 Å². The number of hydrogen-bond acceptors (Lipinski definition) is 1. The van der Waals surface area contributed by atoms with Gasteiger partial charge in [0.05, 0.1) is 6.10 Å². The van der Waals surface area contributed by atoms with Gasteiger partial charge in [0.25, 0.3) is 0 Å². The van der Waals surface area contributed by atoms with E-state index in [0.717, 1.165) is 31.4 Å². The van der Waals surface area contributed by atoms with E-state index in [2.05, 4.69) is 22.9 Å². The SMILES string of the molecule is CCC1OCCC1C(Br)Cc1cccc(F)c1. The second-order valence-electron chi connectivity index (χ2n) is 4.62. The van der Waals surface area contributed by atoms with Crippen molar-refractivity contribution < 1.29 is 9.13 Å². The Morgan fingerprint density at radius 1 is 1.53 bits per heavy atom. The van der Waals surface area contributed by atoms with Crippen LogP contribution in [0.2, 0.25) is 0 Å². The second-order valence-corrected chi connectivity index (χ2v) is 5.80. The van der Waals surface area contributed by atoms with E-state index in [-0.39, 0.29) is 5.82 Å². The molecule has 0 aromatic heterocycles. The van der Waals surface area contributed by atoms with E-state index in [4.69, 9.17) is 4.74 Å². The van der Waals surface area contributed by atoms with Crippen LogP contribution in [0, 0.1) is 11.7 Å². The minimum atomic E-state index is -0.156. The fourth-order valence-corrected chi connectivity index (χ4v) is 3.52. The highest BCUT2D eigenvalue weighted by Gasteiger charge is 2.32. The summed E-state index contributed by atoms with van der Waals surface area (Å²) in [6, 6.07) is 6.85. The lowest BCUT2D eigenvalue weighted by molar-refractivity contribution is 0.0873. The predicted octanol–water partition coefficient (Wildman–Crippen LogP) is 3.95. The first kappa shape index (κ1) is 13.0. The van der Waals surface area contributed by atoms with Crippen LogP contribution in [0.4, 0.5) is 4.39 Å². The van der Waals surface area contributed by atoms with Gasteiger partial charge in [0.1, 0.15) is 5.82 Å². The number of benzene rings is 1. The number of hydrogen-bond donors (Lipinski definition) is 0. The normalized spacial score (nSPS) is 26.1. The van der Waals surface area contributed by atoms with E-state index in [9.17, 15) is 4.39 Å². The average Bonchev–Trinajstić information content (AvgIpc) is 2.77. The van der Waals surface area contributed by atoms with Crippen molar-refractivity contribution in [2.45, 2.75) is 37.1 Å². The molecule has 0 bridgehead atoms. The zero-order valence-electron chi connectivity index (χ0n) is 10.0. The molecule has 1 aliphatic heterocycles. The van der Waals surface area contributed by atoms with Crippen molar-refractivity contribution in [2.24, 2.45) is 5.92 Å². The van der Waals surface area contributed by atoms with Gasteiger partial charge in [-0.2, -0.15) is 0 Å². The lowest BCUT2D eigenvalue weighted by Gasteiger charge is -2.22. The van der Waals surface area contributed by atoms with E-state index >= 15 is 0 Å². The Kier molecular flexibility index (Phi) is 4.57. The number of halogens is 2. The molecule has 0 saturated carbocycles. The van der Waals surface area contributed by atoms with Crippen LogP contribution >= 0.6 is 15.9 Å². The van der Waals surface area contributed by atoms with Crippen molar-refractivity contribution in [3.8, 4) is 0 Å². The first-order chi connectivity index (χ1) is 8.20. The molecule has 1 saturated heterocycles. The molecule has 3 heteroatoms. The van der Waals surface area contributed by atoms with Gasteiger partial charge in [-0.05, 0) is 37.0 Å². The summed E-state index contributed by atoms with van der Waals surface area (Å²) in [5.41, 5.74) is 1.05. The lowest BCUT2D eigenvalue weighted by atomic mass is 9.92. The maximum absolute atomic E-state index is 13.1. The zero-order valence-corrected chi connectivity index (χ0v) is 11.6. The standard InChI is InChI=1S/C14H18BrFO/c1-2-14-12(6-7-17-14)13(15)9-10-4-3-5-11(16)8-10/h3-5,8,12-14H,2,6-7,9H2,1H3. The van der Waals surface area contributed by atoms with E-state index < -0.39 is 0 Å². The van der Waals surface area contributed by atoms with Crippen molar-refractivity contribution in [2.75, 3.05) is 6.61 Å². The molecule has 0 radical (unpaired) electrons. The fourth-order valence-electron chi connectivity index (χ4n) is 2.54. The topological polar surface area (TPSA) is 9.23 Å². The van der Waals surface area contributed by atoms with Crippen molar-refractivity contribution in [3.05, 3.63) is 35.6 Å². The molecule has 1 aromatic rings. The molecule has 0 N–H and O–H groups in total. The summed E-state index contributed by atoms with van der Waals surface area (Å²) in [6.45, 7) is 3.01. The van der Waals surface area contributed by atoms with Gasteiger partial charge in [0, 0.05) is 17.4 Å². The smallest absolute Gasteiger partial charge is 0.123 e. The molecule has 0 aliphatic carbocycles. The van der Waals surface area contributed by atoms with Crippen LogP contribution in [0.1, 0.15) is 25.3 Å². The summed E-state index contributed by atoms with van der Waals surface area (Å²) in [5.74, 6) is 0.389. The summed E-state index contributed by atoms with van der Waals surface area (Å²) in [5, 5.41) is 0. The lowest BCUT2D eigenvalue weighted by Crippen LogP contribution is -2.25. The van der Waals surface area contributed by atoms with Gasteiger partial charge in [-0.25, -0.2) is 4.39 Å². The van der Waals surface area contributed by atoms with Gasteiger partial charge in [-0.15, -0.1) is 0 Å². The van der Waals surface area contributed by atoms with Crippen molar-refractivity contribution in [3.63, 3.8) is 0 Å². The Bertz CT molecular complexity index is 369. The zero-order chi connectivity index (χ0) is 12.3. The number of ether oxygens (including phenoxy) is 1. The summed E-state index contributed by atoms with van der Waals surface area (Å²) >= 11 is 3.74. The van der Waals surface area contributed by atoms with E-state index in [0.29, 0.717) is 16.8 Å². The van der Waals surface area contributed by atoms with Crippen molar-refractivity contribution >= 4 is 15.9 Å². The fraction of sp³-hybridized carbons (Fsp3) is 0.571. The molecule has 94 valence electrons. The molecule has 1 fully saturated rings.